The Morgan fingerprint density at radius 2 is 1.94 bits per heavy atom. The van der Waals surface area contributed by atoms with Crippen molar-refractivity contribution in [2.45, 2.75) is 51.1 Å². The van der Waals surface area contributed by atoms with Crippen molar-refractivity contribution >= 4 is 10.6 Å². The molecule has 0 amide bonds. The van der Waals surface area contributed by atoms with Gasteiger partial charge in [0, 0.05) is 17.8 Å². The summed E-state index contributed by atoms with van der Waals surface area (Å²) in [6.45, 7) is 5.22. The molecule has 0 saturated carbocycles. The maximum absolute atomic E-state index is 9.50. The summed E-state index contributed by atoms with van der Waals surface area (Å²) in [5.74, 6) is 0.467. The topological polar surface area (TPSA) is 63.9 Å². The predicted molar refractivity (Wildman–Crippen MR) is 73.8 cm³/mol. The molecule has 2 aliphatic heterocycles. The molecule has 4 nitrogen and oxygen atoms in total. The van der Waals surface area contributed by atoms with Gasteiger partial charge in [0.05, 0.1) is 12.4 Å². The highest BCUT2D eigenvalue weighted by Crippen LogP contribution is 2.46. The van der Waals surface area contributed by atoms with Crippen molar-refractivity contribution in [1.82, 2.24) is 4.90 Å². The second-order valence-corrected chi connectivity index (χ2v) is 7.35. The first-order chi connectivity index (χ1) is 7.97. The van der Waals surface area contributed by atoms with Crippen LogP contribution in [0.15, 0.2) is 0 Å². The molecule has 3 N–H and O–H groups in total. The Kier molecular flexibility index (Phi) is 5.28. The number of aliphatic hydroxyl groups excluding tert-OH is 1. The lowest BCUT2D eigenvalue weighted by Gasteiger charge is -2.37. The third-order valence-electron chi connectivity index (χ3n) is 3.84. The number of fused-ring (bicyclic) bond motifs is 1. The number of hydrogen-bond donors (Lipinski definition) is 3. The smallest absolute Gasteiger partial charge is 0.0615 e. The molecule has 0 aromatic carbocycles. The summed E-state index contributed by atoms with van der Waals surface area (Å²) in [5.41, 5.74) is -0.0324. The van der Waals surface area contributed by atoms with E-state index in [4.69, 9.17) is 0 Å². The van der Waals surface area contributed by atoms with E-state index >= 15 is 0 Å². The van der Waals surface area contributed by atoms with E-state index in [1.807, 2.05) is 13.8 Å². The molecule has 2 rings (SSSR count). The van der Waals surface area contributed by atoms with Crippen molar-refractivity contribution in [3.63, 3.8) is 0 Å². The molecule has 0 spiro atoms. The zero-order chi connectivity index (χ0) is 13.1. The standard InChI is InChI=1S/C10H21NO3S.C2H6/c1-15(13,14)7-9-3-5-10(8-12)4-2-6-11(9)10;1-2/h9,12-14H,2-8H2,1H3;1-2H3/t9-,10-;/m0./s1. The van der Waals surface area contributed by atoms with Crippen LogP contribution < -0.4 is 0 Å². The fraction of sp³-hybridized carbons (Fsp3) is 1.00. The highest BCUT2D eigenvalue weighted by molar-refractivity contribution is 8.23. The maximum Gasteiger partial charge on any atom is 0.0615 e. The second-order valence-electron chi connectivity index (χ2n) is 5.03. The van der Waals surface area contributed by atoms with Gasteiger partial charge in [-0.1, -0.05) is 13.8 Å². The van der Waals surface area contributed by atoms with Crippen LogP contribution >= 0.6 is 10.6 Å². The van der Waals surface area contributed by atoms with Gasteiger partial charge in [0.15, 0.2) is 0 Å². The van der Waals surface area contributed by atoms with E-state index in [1.165, 1.54) is 6.26 Å². The van der Waals surface area contributed by atoms with Gasteiger partial charge in [0.25, 0.3) is 0 Å². The largest absolute Gasteiger partial charge is 0.394 e. The molecule has 2 aliphatic rings. The molecule has 2 heterocycles. The molecular formula is C12H27NO3S. The van der Waals surface area contributed by atoms with E-state index in [2.05, 4.69) is 4.90 Å². The van der Waals surface area contributed by atoms with Crippen LogP contribution in [-0.2, 0) is 0 Å². The summed E-state index contributed by atoms with van der Waals surface area (Å²) in [6, 6.07) is 0.259. The van der Waals surface area contributed by atoms with Crippen LogP contribution in [0.2, 0.25) is 0 Å². The highest BCUT2D eigenvalue weighted by Gasteiger charge is 2.49. The van der Waals surface area contributed by atoms with Gasteiger partial charge in [-0.05, 0) is 32.2 Å². The summed E-state index contributed by atoms with van der Waals surface area (Å²) in [4.78, 5) is 2.31. The van der Waals surface area contributed by atoms with Gasteiger partial charge < -0.3 is 5.11 Å². The zero-order valence-corrected chi connectivity index (χ0v) is 12.0. The molecule has 0 radical (unpaired) electrons. The van der Waals surface area contributed by atoms with Gasteiger partial charge in [0.2, 0.25) is 0 Å². The van der Waals surface area contributed by atoms with Crippen LogP contribution in [0, 0.1) is 0 Å². The lowest BCUT2D eigenvalue weighted by molar-refractivity contribution is 0.0821. The third kappa shape index (κ3) is 3.35. The van der Waals surface area contributed by atoms with E-state index in [1.54, 1.807) is 0 Å². The Bertz CT molecular complexity index is 244. The van der Waals surface area contributed by atoms with Crippen molar-refractivity contribution in [3.8, 4) is 0 Å². The van der Waals surface area contributed by atoms with Gasteiger partial charge in [-0.3, -0.25) is 14.0 Å². The lowest BCUT2D eigenvalue weighted by Crippen LogP contribution is -2.46. The fourth-order valence-electron chi connectivity index (χ4n) is 3.18. The highest BCUT2D eigenvalue weighted by atomic mass is 32.3. The van der Waals surface area contributed by atoms with Crippen molar-refractivity contribution in [3.05, 3.63) is 0 Å². The van der Waals surface area contributed by atoms with Crippen LogP contribution in [0.3, 0.4) is 0 Å². The van der Waals surface area contributed by atoms with E-state index in [9.17, 15) is 14.2 Å². The summed E-state index contributed by atoms with van der Waals surface area (Å²) < 4.78 is 19.0. The predicted octanol–water partition coefficient (Wildman–Crippen LogP) is 2.38. The SMILES string of the molecule is CC.CS(O)(O)C[C@@H]1CC[C@]2(CO)CCCN12. The van der Waals surface area contributed by atoms with Gasteiger partial charge in [-0.25, -0.2) is 0 Å². The first kappa shape index (κ1) is 15.2. The summed E-state index contributed by atoms with van der Waals surface area (Å²) >= 11 is 0. The molecule has 0 bridgehead atoms. The van der Waals surface area contributed by atoms with Crippen LogP contribution in [0.25, 0.3) is 0 Å². The summed E-state index contributed by atoms with van der Waals surface area (Å²) in [7, 11) is -2.40. The first-order valence-corrected chi connectivity index (χ1v) is 8.68. The van der Waals surface area contributed by atoms with E-state index in [-0.39, 0.29) is 18.2 Å². The molecule has 17 heavy (non-hydrogen) atoms. The fourth-order valence-corrected chi connectivity index (χ4v) is 4.25. The number of rotatable bonds is 3. The molecule has 0 aromatic rings. The quantitative estimate of drug-likeness (QED) is 0.733. The van der Waals surface area contributed by atoms with Gasteiger partial charge in [-0.2, -0.15) is 10.6 Å². The molecule has 0 aliphatic carbocycles. The van der Waals surface area contributed by atoms with Gasteiger partial charge in [0.1, 0.15) is 0 Å². The minimum atomic E-state index is -2.40. The Hall–Kier alpha value is 0.190. The normalized spacial score (nSPS) is 34.1. The average Bonchev–Trinajstić information content (AvgIpc) is 2.81. The second kappa shape index (κ2) is 5.89. The molecule has 2 atom stereocenters. The Labute approximate surface area is 106 Å². The Balaban J connectivity index is 0.000000686. The van der Waals surface area contributed by atoms with E-state index < -0.39 is 10.6 Å². The summed E-state index contributed by atoms with van der Waals surface area (Å²) in [5, 5.41) is 9.48. The first-order valence-electron chi connectivity index (χ1n) is 6.55. The van der Waals surface area contributed by atoms with Crippen molar-refractivity contribution in [2.75, 3.05) is 25.2 Å². The molecular weight excluding hydrogens is 238 g/mol. The van der Waals surface area contributed by atoms with Gasteiger partial charge in [-0.15, -0.1) is 0 Å². The van der Waals surface area contributed by atoms with Crippen LogP contribution in [0.4, 0.5) is 0 Å². The van der Waals surface area contributed by atoms with Crippen LogP contribution in [0.1, 0.15) is 39.5 Å². The number of nitrogens with zero attached hydrogens (tertiary/aromatic N) is 1. The van der Waals surface area contributed by atoms with Crippen molar-refractivity contribution < 1.29 is 14.2 Å². The molecule has 2 fully saturated rings. The monoisotopic (exact) mass is 265 g/mol. The molecule has 104 valence electrons. The Morgan fingerprint density at radius 3 is 2.47 bits per heavy atom. The summed E-state index contributed by atoms with van der Waals surface area (Å²) in [6.07, 6.45) is 5.69. The average molecular weight is 265 g/mol. The van der Waals surface area contributed by atoms with E-state index in [0.717, 1.165) is 32.2 Å². The maximum atomic E-state index is 9.50. The Morgan fingerprint density at radius 1 is 1.29 bits per heavy atom. The van der Waals surface area contributed by atoms with E-state index in [0.29, 0.717) is 5.75 Å². The van der Waals surface area contributed by atoms with Crippen LogP contribution in [0.5, 0.6) is 0 Å². The van der Waals surface area contributed by atoms with Crippen molar-refractivity contribution in [1.29, 1.82) is 0 Å². The molecule has 2 saturated heterocycles. The molecule has 0 unspecified atom stereocenters. The molecule has 5 heteroatoms. The third-order valence-corrected chi connectivity index (χ3v) is 4.85. The molecule has 0 aromatic heterocycles. The number of hydrogen-bond acceptors (Lipinski definition) is 4. The minimum Gasteiger partial charge on any atom is -0.394 e. The van der Waals surface area contributed by atoms with Gasteiger partial charge >= 0.3 is 0 Å². The zero-order valence-electron chi connectivity index (χ0n) is 11.2. The lowest BCUT2D eigenvalue weighted by atomic mass is 9.95. The van der Waals surface area contributed by atoms with Crippen LogP contribution in [-0.4, -0.2) is 55.9 Å². The van der Waals surface area contributed by atoms with Crippen molar-refractivity contribution in [2.24, 2.45) is 0 Å². The minimum absolute atomic E-state index is 0.0324. The number of aliphatic hydroxyl groups is 1.